The fourth-order valence-electron chi connectivity index (χ4n) is 0.695. The Labute approximate surface area is 75.8 Å². The van der Waals surface area contributed by atoms with Crippen LogP contribution in [0.25, 0.3) is 0 Å². The van der Waals surface area contributed by atoms with Gasteiger partial charge in [0.1, 0.15) is 0 Å². The van der Waals surface area contributed by atoms with E-state index < -0.39 is 0 Å². The predicted octanol–water partition coefficient (Wildman–Crippen LogP) is 2.21. The van der Waals surface area contributed by atoms with Crippen molar-refractivity contribution in [3.63, 3.8) is 0 Å². The Morgan fingerprint density at radius 1 is 1.55 bits per heavy atom. The smallest absolute Gasteiger partial charge is 0.410 e. The van der Waals surface area contributed by atoms with E-state index in [1.807, 2.05) is 13.8 Å². The molecule has 0 spiro atoms. The molecule has 1 atom stereocenters. The zero-order valence-corrected chi connectivity index (χ0v) is 8.72. The Morgan fingerprint density at radius 2 is 2.00 bits per heavy atom. The van der Waals surface area contributed by atoms with Crippen LogP contribution in [0.1, 0.15) is 20.8 Å². The van der Waals surface area contributed by atoms with Crippen molar-refractivity contribution in [3.05, 3.63) is 0 Å². The van der Waals surface area contributed by atoms with Gasteiger partial charge in [-0.25, -0.2) is 4.79 Å². The maximum atomic E-state index is 11.1. The van der Waals surface area contributed by atoms with Crippen LogP contribution in [0.2, 0.25) is 0 Å². The number of ether oxygens (including phenoxy) is 1. The van der Waals surface area contributed by atoms with E-state index >= 15 is 0 Å². The quantitative estimate of drug-likeness (QED) is 0.688. The zero-order valence-electron chi connectivity index (χ0n) is 7.13. The van der Waals surface area contributed by atoms with Gasteiger partial charge < -0.3 is 9.64 Å². The summed E-state index contributed by atoms with van der Waals surface area (Å²) in [5.74, 6) is 0. The van der Waals surface area contributed by atoms with E-state index in [2.05, 4.69) is 15.9 Å². The first kappa shape index (κ1) is 10.8. The van der Waals surface area contributed by atoms with Crippen molar-refractivity contribution < 1.29 is 9.53 Å². The highest BCUT2D eigenvalue weighted by molar-refractivity contribution is 9.09. The van der Waals surface area contributed by atoms with Crippen LogP contribution in [0.4, 0.5) is 4.79 Å². The number of rotatable bonds is 3. The van der Waals surface area contributed by atoms with E-state index in [0.29, 0.717) is 13.1 Å². The van der Waals surface area contributed by atoms with Crippen LogP contribution in [-0.4, -0.2) is 29.1 Å². The lowest BCUT2D eigenvalue weighted by Crippen LogP contribution is -2.32. The number of amides is 1. The van der Waals surface area contributed by atoms with Crippen LogP contribution in [0.3, 0.4) is 0 Å². The standard InChI is InChI=1S/C7H14BrNO2/c1-4-9(5-2)7(10)11-6(3)8/h6H,4-5H2,1-3H3. The van der Waals surface area contributed by atoms with E-state index in [1.54, 1.807) is 11.8 Å². The minimum Gasteiger partial charge on any atom is -0.435 e. The normalized spacial score (nSPS) is 12.4. The van der Waals surface area contributed by atoms with E-state index in [1.165, 1.54) is 0 Å². The molecule has 1 amide bonds. The topological polar surface area (TPSA) is 29.5 Å². The molecule has 1 unspecified atom stereocenters. The van der Waals surface area contributed by atoms with E-state index in [4.69, 9.17) is 4.74 Å². The molecule has 0 aromatic rings. The second kappa shape index (κ2) is 5.41. The highest BCUT2D eigenvalue weighted by Gasteiger charge is 2.11. The van der Waals surface area contributed by atoms with Gasteiger partial charge in [0.05, 0.1) is 0 Å². The molecule has 0 rings (SSSR count). The third kappa shape index (κ3) is 4.24. The van der Waals surface area contributed by atoms with Gasteiger partial charge in [-0.2, -0.15) is 0 Å². The fourth-order valence-corrected chi connectivity index (χ4v) is 0.855. The summed E-state index contributed by atoms with van der Waals surface area (Å²) in [6.45, 7) is 6.98. The Bertz CT molecular complexity index is 124. The molecular formula is C7H14BrNO2. The molecule has 0 aliphatic rings. The highest BCUT2D eigenvalue weighted by Crippen LogP contribution is 2.03. The van der Waals surface area contributed by atoms with Crippen LogP contribution in [-0.2, 0) is 4.74 Å². The van der Waals surface area contributed by atoms with Gasteiger partial charge in [0.15, 0.2) is 5.01 Å². The molecule has 0 aliphatic heterocycles. The van der Waals surface area contributed by atoms with Crippen molar-refractivity contribution in [1.82, 2.24) is 4.90 Å². The summed E-state index contributed by atoms with van der Waals surface area (Å²) in [4.78, 5) is 12.7. The number of halogens is 1. The molecule has 11 heavy (non-hydrogen) atoms. The highest BCUT2D eigenvalue weighted by atomic mass is 79.9. The lowest BCUT2D eigenvalue weighted by atomic mass is 10.6. The molecule has 0 aromatic carbocycles. The number of hydrogen-bond acceptors (Lipinski definition) is 2. The van der Waals surface area contributed by atoms with Crippen molar-refractivity contribution in [2.75, 3.05) is 13.1 Å². The molecule has 3 nitrogen and oxygen atoms in total. The molecule has 0 aliphatic carbocycles. The van der Waals surface area contributed by atoms with Crippen LogP contribution < -0.4 is 0 Å². The first-order valence-corrected chi connectivity index (χ1v) is 4.63. The van der Waals surface area contributed by atoms with Crippen molar-refractivity contribution in [2.24, 2.45) is 0 Å². The van der Waals surface area contributed by atoms with Gasteiger partial charge in [-0.05, 0) is 36.7 Å². The maximum Gasteiger partial charge on any atom is 0.410 e. The van der Waals surface area contributed by atoms with Crippen LogP contribution in [0, 0.1) is 0 Å². The summed E-state index contributed by atoms with van der Waals surface area (Å²) in [7, 11) is 0. The summed E-state index contributed by atoms with van der Waals surface area (Å²) in [6.07, 6.45) is -0.264. The van der Waals surface area contributed by atoms with Gasteiger partial charge >= 0.3 is 6.09 Å². The first-order valence-electron chi connectivity index (χ1n) is 3.71. The lowest BCUT2D eigenvalue weighted by Gasteiger charge is -2.18. The van der Waals surface area contributed by atoms with Crippen LogP contribution in [0.5, 0.6) is 0 Å². The second-order valence-corrected chi connectivity index (χ2v) is 3.39. The average molecular weight is 224 g/mol. The molecular weight excluding hydrogens is 210 g/mol. The van der Waals surface area contributed by atoms with Gasteiger partial charge in [-0.1, -0.05) is 0 Å². The summed E-state index contributed by atoms with van der Waals surface area (Å²) in [5, 5.41) is -0.212. The Balaban J connectivity index is 3.79. The van der Waals surface area contributed by atoms with Gasteiger partial charge in [0, 0.05) is 13.1 Å². The fraction of sp³-hybridized carbons (Fsp3) is 0.857. The summed E-state index contributed by atoms with van der Waals surface area (Å²) in [6, 6.07) is 0. The number of nitrogens with zero attached hydrogens (tertiary/aromatic N) is 1. The number of alkyl halides is 1. The number of carbonyl (C=O) groups is 1. The summed E-state index contributed by atoms with van der Waals surface area (Å²) >= 11 is 3.13. The molecule has 0 fully saturated rings. The Kier molecular flexibility index (Phi) is 5.28. The predicted molar refractivity (Wildman–Crippen MR) is 47.8 cm³/mol. The van der Waals surface area contributed by atoms with Crippen molar-refractivity contribution in [2.45, 2.75) is 25.8 Å². The van der Waals surface area contributed by atoms with E-state index in [9.17, 15) is 4.79 Å². The second-order valence-electron chi connectivity index (χ2n) is 2.10. The largest absolute Gasteiger partial charge is 0.435 e. The van der Waals surface area contributed by atoms with Crippen molar-refractivity contribution >= 4 is 22.0 Å². The van der Waals surface area contributed by atoms with Gasteiger partial charge in [0.25, 0.3) is 0 Å². The van der Waals surface area contributed by atoms with Gasteiger partial charge in [-0.15, -0.1) is 0 Å². The van der Waals surface area contributed by atoms with Gasteiger partial charge in [-0.3, -0.25) is 0 Å². The van der Waals surface area contributed by atoms with Crippen LogP contribution >= 0.6 is 15.9 Å². The third-order valence-electron chi connectivity index (χ3n) is 1.28. The Morgan fingerprint density at radius 3 is 2.27 bits per heavy atom. The van der Waals surface area contributed by atoms with E-state index in [0.717, 1.165) is 0 Å². The first-order chi connectivity index (χ1) is 5.11. The molecule has 0 saturated heterocycles. The zero-order chi connectivity index (χ0) is 8.85. The molecule has 0 radical (unpaired) electrons. The molecule has 0 saturated carbocycles. The van der Waals surface area contributed by atoms with E-state index in [-0.39, 0.29) is 11.1 Å². The lowest BCUT2D eigenvalue weighted by molar-refractivity contribution is 0.103. The molecule has 0 aromatic heterocycles. The van der Waals surface area contributed by atoms with Gasteiger partial charge in [0.2, 0.25) is 0 Å². The van der Waals surface area contributed by atoms with Crippen LogP contribution in [0.15, 0.2) is 0 Å². The van der Waals surface area contributed by atoms with Crippen molar-refractivity contribution in [1.29, 1.82) is 0 Å². The maximum absolute atomic E-state index is 11.1. The minimum absolute atomic E-state index is 0.212. The number of carbonyl (C=O) groups excluding carboxylic acids is 1. The molecule has 0 heterocycles. The third-order valence-corrected chi connectivity index (χ3v) is 1.47. The monoisotopic (exact) mass is 223 g/mol. The Hall–Kier alpha value is -0.250. The minimum atomic E-state index is -0.264. The molecule has 66 valence electrons. The number of hydrogen-bond donors (Lipinski definition) is 0. The SMILES string of the molecule is CCN(CC)C(=O)OC(C)Br. The average Bonchev–Trinajstić information content (AvgIpc) is 1.88. The molecule has 4 heteroatoms. The molecule has 0 bridgehead atoms. The summed E-state index contributed by atoms with van der Waals surface area (Å²) < 4.78 is 4.90. The molecule has 0 N–H and O–H groups in total. The van der Waals surface area contributed by atoms with Crippen molar-refractivity contribution in [3.8, 4) is 0 Å². The summed E-state index contributed by atoms with van der Waals surface area (Å²) in [5.41, 5.74) is 0.